The number of furan rings is 1. The number of anilines is 1. The predicted octanol–water partition coefficient (Wildman–Crippen LogP) is 2.50. The van der Waals surface area contributed by atoms with Crippen molar-refractivity contribution in [1.29, 1.82) is 0 Å². The van der Waals surface area contributed by atoms with Crippen molar-refractivity contribution in [3.8, 4) is 0 Å². The van der Waals surface area contributed by atoms with Crippen LogP contribution in [0.2, 0.25) is 0 Å². The van der Waals surface area contributed by atoms with Crippen molar-refractivity contribution in [2.24, 2.45) is 0 Å². The number of piperazine rings is 1. The van der Waals surface area contributed by atoms with Gasteiger partial charge in [-0.05, 0) is 48.5 Å². The lowest BCUT2D eigenvalue weighted by molar-refractivity contribution is 0.0627. The van der Waals surface area contributed by atoms with Gasteiger partial charge in [0.15, 0.2) is 5.76 Å². The van der Waals surface area contributed by atoms with E-state index in [1.54, 1.807) is 54.7 Å². The molecule has 172 valence electrons. The van der Waals surface area contributed by atoms with Gasteiger partial charge < -0.3 is 14.6 Å². The Morgan fingerprint density at radius 1 is 0.971 bits per heavy atom. The van der Waals surface area contributed by atoms with Gasteiger partial charge in [0, 0.05) is 56.2 Å². The van der Waals surface area contributed by atoms with Crippen LogP contribution >= 0.6 is 0 Å². The highest BCUT2D eigenvalue weighted by molar-refractivity contribution is 6.02. The summed E-state index contributed by atoms with van der Waals surface area (Å²) in [5.74, 6) is -0.170. The summed E-state index contributed by atoms with van der Waals surface area (Å²) in [4.78, 5) is 45.9. The summed E-state index contributed by atoms with van der Waals surface area (Å²) in [7, 11) is 0. The molecule has 5 rings (SSSR count). The van der Waals surface area contributed by atoms with Crippen molar-refractivity contribution in [2.75, 3.05) is 31.5 Å². The van der Waals surface area contributed by atoms with E-state index in [0.717, 1.165) is 5.69 Å². The van der Waals surface area contributed by atoms with E-state index >= 15 is 0 Å². The minimum Gasteiger partial charge on any atom is -0.459 e. The molecule has 1 aromatic carbocycles. The van der Waals surface area contributed by atoms with Crippen LogP contribution in [0.5, 0.6) is 0 Å². The van der Waals surface area contributed by atoms with E-state index in [4.69, 9.17) is 4.42 Å². The summed E-state index contributed by atoms with van der Waals surface area (Å²) in [6.45, 7) is 3.12. The van der Waals surface area contributed by atoms with Crippen LogP contribution in [0.25, 0.3) is 5.65 Å². The van der Waals surface area contributed by atoms with Crippen LogP contribution in [0.3, 0.4) is 0 Å². The highest BCUT2D eigenvalue weighted by Crippen LogP contribution is 2.15. The SMILES string of the molecule is O=C(Nc1ccc(C(=O)N2CCN(Cc3cc(=O)n4ccccc4n3)CC2)cc1)c1ccco1. The fourth-order valence-electron chi connectivity index (χ4n) is 4.00. The molecule has 4 aromatic rings. The molecule has 9 heteroatoms. The summed E-state index contributed by atoms with van der Waals surface area (Å²) >= 11 is 0. The molecule has 4 heterocycles. The van der Waals surface area contributed by atoms with E-state index < -0.39 is 0 Å². The Bertz CT molecular complexity index is 1370. The number of nitrogens with one attached hydrogen (secondary N) is 1. The Kier molecular flexibility index (Phi) is 5.92. The highest BCUT2D eigenvalue weighted by atomic mass is 16.3. The molecule has 0 aliphatic carbocycles. The van der Waals surface area contributed by atoms with Gasteiger partial charge >= 0.3 is 0 Å². The number of carbonyl (C=O) groups is 2. The molecule has 1 aliphatic rings. The van der Waals surface area contributed by atoms with Gasteiger partial charge in [-0.3, -0.25) is 23.7 Å². The van der Waals surface area contributed by atoms with E-state index in [0.29, 0.717) is 49.6 Å². The molecule has 9 nitrogen and oxygen atoms in total. The first-order valence-corrected chi connectivity index (χ1v) is 11.0. The molecule has 3 aromatic heterocycles. The van der Waals surface area contributed by atoms with Crippen LogP contribution in [-0.4, -0.2) is 57.2 Å². The first kappa shape index (κ1) is 21.6. The molecule has 1 saturated heterocycles. The molecule has 0 bridgehead atoms. The summed E-state index contributed by atoms with van der Waals surface area (Å²) in [5.41, 5.74) is 2.40. The molecule has 1 N–H and O–H groups in total. The van der Waals surface area contributed by atoms with Crippen molar-refractivity contribution in [3.63, 3.8) is 0 Å². The van der Waals surface area contributed by atoms with Gasteiger partial charge in [0.1, 0.15) is 5.65 Å². The van der Waals surface area contributed by atoms with Crippen LogP contribution in [-0.2, 0) is 6.54 Å². The molecule has 0 saturated carbocycles. The van der Waals surface area contributed by atoms with Crippen molar-refractivity contribution < 1.29 is 14.0 Å². The molecule has 1 aliphatic heterocycles. The number of carbonyl (C=O) groups excluding carboxylic acids is 2. The summed E-state index contributed by atoms with van der Waals surface area (Å²) in [5, 5.41) is 2.74. The Labute approximate surface area is 195 Å². The topological polar surface area (TPSA) is 100 Å². The normalized spacial score (nSPS) is 14.3. The molecule has 0 radical (unpaired) electrons. The van der Waals surface area contributed by atoms with Gasteiger partial charge in [0.25, 0.3) is 17.4 Å². The Hall–Kier alpha value is -4.24. The fourth-order valence-corrected chi connectivity index (χ4v) is 4.00. The van der Waals surface area contributed by atoms with Crippen molar-refractivity contribution >= 4 is 23.1 Å². The van der Waals surface area contributed by atoms with Gasteiger partial charge in [-0.15, -0.1) is 0 Å². The number of nitrogens with zero attached hydrogens (tertiary/aromatic N) is 4. The van der Waals surface area contributed by atoms with Crippen molar-refractivity contribution in [2.45, 2.75) is 6.54 Å². The minimum atomic E-state index is -0.344. The van der Waals surface area contributed by atoms with Crippen LogP contribution in [0.4, 0.5) is 5.69 Å². The second-order valence-electron chi connectivity index (χ2n) is 8.09. The lowest BCUT2D eigenvalue weighted by atomic mass is 10.1. The Morgan fingerprint density at radius 2 is 1.76 bits per heavy atom. The number of hydrogen-bond donors (Lipinski definition) is 1. The first-order valence-electron chi connectivity index (χ1n) is 11.0. The van der Waals surface area contributed by atoms with Gasteiger partial charge in [-0.25, -0.2) is 4.98 Å². The second kappa shape index (κ2) is 9.32. The molecular weight excluding hydrogens is 434 g/mol. The van der Waals surface area contributed by atoms with E-state index in [1.807, 2.05) is 17.0 Å². The van der Waals surface area contributed by atoms with Crippen LogP contribution in [0.1, 0.15) is 26.6 Å². The zero-order valence-corrected chi connectivity index (χ0v) is 18.4. The molecule has 0 spiro atoms. The number of fused-ring (bicyclic) bond motifs is 1. The number of rotatable bonds is 5. The third-order valence-electron chi connectivity index (χ3n) is 5.80. The number of pyridine rings is 1. The second-order valence-corrected chi connectivity index (χ2v) is 8.09. The van der Waals surface area contributed by atoms with Crippen molar-refractivity contribution in [1.82, 2.24) is 19.2 Å². The predicted molar refractivity (Wildman–Crippen MR) is 126 cm³/mol. The largest absolute Gasteiger partial charge is 0.459 e. The van der Waals surface area contributed by atoms with E-state index in [-0.39, 0.29) is 23.1 Å². The minimum absolute atomic E-state index is 0.0503. The molecule has 0 unspecified atom stereocenters. The summed E-state index contributed by atoms with van der Waals surface area (Å²) in [6, 6.07) is 17.1. The van der Waals surface area contributed by atoms with Gasteiger partial charge in [0.2, 0.25) is 0 Å². The van der Waals surface area contributed by atoms with Gasteiger partial charge in [-0.2, -0.15) is 0 Å². The maximum atomic E-state index is 12.9. The zero-order chi connectivity index (χ0) is 23.5. The molecular formula is C25H23N5O4. The monoisotopic (exact) mass is 457 g/mol. The summed E-state index contributed by atoms with van der Waals surface area (Å²) in [6.07, 6.45) is 3.15. The Morgan fingerprint density at radius 3 is 2.50 bits per heavy atom. The average molecular weight is 457 g/mol. The first-order chi connectivity index (χ1) is 16.6. The number of amides is 2. The average Bonchev–Trinajstić information content (AvgIpc) is 3.40. The number of hydrogen-bond acceptors (Lipinski definition) is 6. The number of aromatic nitrogens is 2. The summed E-state index contributed by atoms with van der Waals surface area (Å²) < 4.78 is 6.60. The fraction of sp³-hybridized carbons (Fsp3) is 0.200. The van der Waals surface area contributed by atoms with E-state index in [1.165, 1.54) is 10.7 Å². The standard InChI is InChI=1S/C25H23N5O4/c31-23-16-20(26-22-5-1-2-10-30(22)23)17-28-11-13-29(14-12-28)25(33)18-6-8-19(9-7-18)27-24(32)21-4-3-15-34-21/h1-10,15-16H,11-14,17H2,(H,27,32). The lowest BCUT2D eigenvalue weighted by Gasteiger charge is -2.34. The molecule has 0 atom stereocenters. The highest BCUT2D eigenvalue weighted by Gasteiger charge is 2.23. The molecule has 1 fully saturated rings. The quantitative estimate of drug-likeness (QED) is 0.494. The maximum Gasteiger partial charge on any atom is 0.291 e. The van der Waals surface area contributed by atoms with Crippen molar-refractivity contribution in [3.05, 3.63) is 100 Å². The van der Waals surface area contributed by atoms with Gasteiger partial charge in [-0.1, -0.05) is 6.07 Å². The molecule has 2 amide bonds. The molecule has 34 heavy (non-hydrogen) atoms. The van der Waals surface area contributed by atoms with E-state index in [2.05, 4.69) is 15.2 Å². The van der Waals surface area contributed by atoms with Gasteiger partial charge in [0.05, 0.1) is 12.0 Å². The Balaban J connectivity index is 1.17. The maximum absolute atomic E-state index is 12.9. The van der Waals surface area contributed by atoms with E-state index in [9.17, 15) is 14.4 Å². The third kappa shape index (κ3) is 4.60. The third-order valence-corrected chi connectivity index (χ3v) is 5.80. The smallest absolute Gasteiger partial charge is 0.291 e. The van der Waals surface area contributed by atoms with Crippen LogP contribution in [0.15, 0.2) is 82.3 Å². The zero-order valence-electron chi connectivity index (χ0n) is 18.4. The van der Waals surface area contributed by atoms with Crippen LogP contribution < -0.4 is 10.9 Å². The lowest BCUT2D eigenvalue weighted by Crippen LogP contribution is -2.48. The number of benzene rings is 1. The van der Waals surface area contributed by atoms with Crippen LogP contribution in [0, 0.1) is 0 Å².